The van der Waals surface area contributed by atoms with E-state index in [2.05, 4.69) is 0 Å². The molecule has 3 rings (SSSR count). The number of carbonyl (C=O) groups is 2. The fourth-order valence-corrected chi connectivity index (χ4v) is 3.64. The maximum absolute atomic E-state index is 12.9. The zero-order chi connectivity index (χ0) is 17.4. The highest BCUT2D eigenvalue weighted by atomic mass is 35.5. The maximum Gasteiger partial charge on any atom is 0.298 e. The average molecular weight is 358 g/mol. The Bertz CT molecular complexity index is 871. The maximum atomic E-state index is 12.9. The van der Waals surface area contributed by atoms with Crippen LogP contribution in [0.15, 0.2) is 47.4 Å². The van der Waals surface area contributed by atoms with Crippen molar-refractivity contribution in [2.24, 2.45) is 0 Å². The van der Waals surface area contributed by atoms with Crippen LogP contribution >= 0.6 is 23.4 Å². The van der Waals surface area contributed by atoms with Gasteiger partial charge in [0.15, 0.2) is 0 Å². The summed E-state index contributed by atoms with van der Waals surface area (Å²) in [5.41, 5.74) is 4.29. The van der Waals surface area contributed by atoms with Crippen molar-refractivity contribution >= 4 is 45.8 Å². The second-order valence-electron chi connectivity index (χ2n) is 5.69. The van der Waals surface area contributed by atoms with Crippen LogP contribution in [0.25, 0.3) is 5.57 Å². The Morgan fingerprint density at radius 2 is 1.71 bits per heavy atom. The van der Waals surface area contributed by atoms with Crippen molar-refractivity contribution in [1.82, 2.24) is 0 Å². The van der Waals surface area contributed by atoms with Gasteiger partial charge in [-0.25, -0.2) is 4.90 Å². The second kappa shape index (κ2) is 6.46. The molecule has 1 saturated heterocycles. The first kappa shape index (κ1) is 16.8. The first-order chi connectivity index (χ1) is 11.4. The number of rotatable bonds is 2. The lowest BCUT2D eigenvalue weighted by Crippen LogP contribution is -2.28. The van der Waals surface area contributed by atoms with Gasteiger partial charge >= 0.3 is 0 Å². The summed E-state index contributed by atoms with van der Waals surface area (Å²) >= 11 is 6.90. The van der Waals surface area contributed by atoms with E-state index in [1.165, 1.54) is 4.90 Å². The zero-order valence-electron chi connectivity index (χ0n) is 13.6. The second-order valence-corrected chi connectivity index (χ2v) is 7.09. The third-order valence-electron chi connectivity index (χ3n) is 4.20. The Morgan fingerprint density at radius 1 is 1.04 bits per heavy atom. The summed E-state index contributed by atoms with van der Waals surface area (Å²) in [6.07, 6.45) is 0. The number of allylic oxidation sites excluding steroid dienone is 1. The SMILES string of the molecule is C/C(=C1/SC(=O)N(c2cccc(C)c2C)C1=O)c1ccc(Cl)cc1. The molecule has 0 radical (unpaired) electrons. The molecule has 3 nitrogen and oxygen atoms in total. The number of amides is 2. The molecule has 0 saturated carbocycles. The number of hydrogen-bond acceptors (Lipinski definition) is 3. The Balaban J connectivity index is 2.04. The minimum Gasteiger partial charge on any atom is -0.268 e. The quantitative estimate of drug-likeness (QED) is 0.657. The summed E-state index contributed by atoms with van der Waals surface area (Å²) < 4.78 is 0. The molecule has 0 bridgehead atoms. The predicted molar refractivity (Wildman–Crippen MR) is 100 cm³/mol. The molecule has 0 N–H and O–H groups in total. The zero-order valence-corrected chi connectivity index (χ0v) is 15.2. The number of anilines is 1. The molecule has 2 aromatic rings. The first-order valence-corrected chi connectivity index (χ1v) is 8.69. The third kappa shape index (κ3) is 2.87. The van der Waals surface area contributed by atoms with Crippen LogP contribution in [-0.4, -0.2) is 11.1 Å². The van der Waals surface area contributed by atoms with E-state index in [-0.39, 0.29) is 11.1 Å². The molecule has 122 valence electrons. The Morgan fingerprint density at radius 3 is 2.38 bits per heavy atom. The van der Waals surface area contributed by atoms with Gasteiger partial charge in [0.05, 0.1) is 10.6 Å². The molecule has 0 aliphatic carbocycles. The van der Waals surface area contributed by atoms with Gasteiger partial charge < -0.3 is 0 Å². The highest BCUT2D eigenvalue weighted by molar-refractivity contribution is 8.19. The number of hydrogen-bond donors (Lipinski definition) is 0. The van der Waals surface area contributed by atoms with Gasteiger partial charge in [0.2, 0.25) is 0 Å². The number of carbonyl (C=O) groups excluding carboxylic acids is 2. The highest BCUT2D eigenvalue weighted by Gasteiger charge is 2.38. The van der Waals surface area contributed by atoms with Crippen molar-refractivity contribution < 1.29 is 9.59 Å². The van der Waals surface area contributed by atoms with Crippen LogP contribution in [-0.2, 0) is 4.79 Å². The van der Waals surface area contributed by atoms with Gasteiger partial charge in [-0.2, -0.15) is 0 Å². The van der Waals surface area contributed by atoms with Gasteiger partial charge in [0, 0.05) is 5.02 Å². The lowest BCUT2D eigenvalue weighted by molar-refractivity contribution is -0.113. The van der Waals surface area contributed by atoms with Gasteiger partial charge in [-0.15, -0.1) is 0 Å². The fraction of sp³-hybridized carbons (Fsp3) is 0.158. The van der Waals surface area contributed by atoms with Gasteiger partial charge in [-0.3, -0.25) is 9.59 Å². The molecule has 1 aliphatic heterocycles. The van der Waals surface area contributed by atoms with Crippen molar-refractivity contribution in [2.75, 3.05) is 4.90 Å². The standard InChI is InChI=1S/C19H16ClNO2S/c1-11-5-4-6-16(12(11)2)21-18(22)17(24-19(21)23)13(3)14-7-9-15(20)10-8-14/h4-10H,1-3H3/b17-13-. The molecule has 0 atom stereocenters. The molecule has 0 spiro atoms. The van der Waals surface area contributed by atoms with E-state index >= 15 is 0 Å². The molecule has 2 amide bonds. The lowest BCUT2D eigenvalue weighted by atomic mass is 10.1. The highest BCUT2D eigenvalue weighted by Crippen LogP contribution is 2.40. The minimum absolute atomic E-state index is 0.267. The molecule has 0 unspecified atom stereocenters. The van der Waals surface area contributed by atoms with E-state index < -0.39 is 0 Å². The van der Waals surface area contributed by atoms with E-state index in [4.69, 9.17) is 11.6 Å². The topological polar surface area (TPSA) is 37.4 Å². The molecule has 2 aromatic carbocycles. The van der Waals surface area contributed by atoms with E-state index in [1.807, 2.05) is 45.0 Å². The van der Waals surface area contributed by atoms with Crippen LogP contribution in [0.5, 0.6) is 0 Å². The van der Waals surface area contributed by atoms with Crippen molar-refractivity contribution in [3.8, 4) is 0 Å². The minimum atomic E-state index is -0.272. The number of benzene rings is 2. The van der Waals surface area contributed by atoms with Gasteiger partial charge in [0.1, 0.15) is 0 Å². The van der Waals surface area contributed by atoms with E-state index in [0.29, 0.717) is 15.6 Å². The van der Waals surface area contributed by atoms with Crippen LogP contribution < -0.4 is 4.90 Å². The summed E-state index contributed by atoms with van der Waals surface area (Å²) in [4.78, 5) is 27.1. The van der Waals surface area contributed by atoms with Crippen molar-refractivity contribution in [1.29, 1.82) is 0 Å². The smallest absolute Gasteiger partial charge is 0.268 e. The summed E-state index contributed by atoms with van der Waals surface area (Å²) in [5.74, 6) is -0.272. The Labute approximate surface area is 150 Å². The monoisotopic (exact) mass is 357 g/mol. The molecule has 1 fully saturated rings. The van der Waals surface area contributed by atoms with Gasteiger partial charge in [-0.05, 0) is 73.0 Å². The van der Waals surface area contributed by atoms with Crippen LogP contribution in [0.4, 0.5) is 10.5 Å². The normalized spacial score (nSPS) is 16.8. The van der Waals surface area contributed by atoms with Crippen molar-refractivity contribution in [3.05, 3.63) is 69.1 Å². The lowest BCUT2D eigenvalue weighted by Gasteiger charge is -2.16. The van der Waals surface area contributed by atoms with Crippen LogP contribution in [0.1, 0.15) is 23.6 Å². The summed E-state index contributed by atoms with van der Waals surface area (Å²) in [5, 5.41) is 0.368. The van der Waals surface area contributed by atoms with E-state index in [0.717, 1.165) is 34.0 Å². The predicted octanol–water partition coefficient (Wildman–Crippen LogP) is 5.59. The number of nitrogens with zero attached hydrogens (tertiary/aromatic N) is 1. The van der Waals surface area contributed by atoms with Crippen LogP contribution in [0.2, 0.25) is 5.02 Å². The molecule has 1 heterocycles. The average Bonchev–Trinajstić information content (AvgIpc) is 2.85. The van der Waals surface area contributed by atoms with Gasteiger partial charge in [-0.1, -0.05) is 35.9 Å². The molecule has 0 aromatic heterocycles. The molecule has 24 heavy (non-hydrogen) atoms. The molecular weight excluding hydrogens is 342 g/mol. The van der Waals surface area contributed by atoms with Gasteiger partial charge in [0.25, 0.3) is 11.1 Å². The molecular formula is C19H16ClNO2S. The third-order valence-corrected chi connectivity index (χ3v) is 5.50. The molecule has 1 aliphatic rings. The fourth-order valence-electron chi connectivity index (χ4n) is 2.61. The summed E-state index contributed by atoms with van der Waals surface area (Å²) in [6.45, 7) is 5.74. The number of imide groups is 1. The first-order valence-electron chi connectivity index (χ1n) is 7.49. The number of halogens is 1. The van der Waals surface area contributed by atoms with E-state index in [9.17, 15) is 9.59 Å². The molecule has 5 heteroatoms. The Kier molecular flexibility index (Phi) is 4.52. The summed E-state index contributed by atoms with van der Waals surface area (Å²) in [7, 11) is 0. The Hall–Kier alpha value is -2.04. The summed E-state index contributed by atoms with van der Waals surface area (Å²) in [6, 6.07) is 12.9. The van der Waals surface area contributed by atoms with Crippen molar-refractivity contribution in [2.45, 2.75) is 20.8 Å². The number of thioether (sulfide) groups is 1. The van der Waals surface area contributed by atoms with Crippen molar-refractivity contribution in [3.63, 3.8) is 0 Å². The van der Waals surface area contributed by atoms with Crippen LogP contribution in [0.3, 0.4) is 0 Å². The largest absolute Gasteiger partial charge is 0.298 e. The van der Waals surface area contributed by atoms with E-state index in [1.54, 1.807) is 18.2 Å². The number of aryl methyl sites for hydroxylation is 1. The van der Waals surface area contributed by atoms with Crippen LogP contribution in [0, 0.1) is 13.8 Å².